The summed E-state index contributed by atoms with van der Waals surface area (Å²) in [5.74, 6) is -2.63. The van der Waals surface area contributed by atoms with Gasteiger partial charge in [0.05, 0.1) is 30.8 Å². The van der Waals surface area contributed by atoms with Crippen molar-refractivity contribution in [2.24, 2.45) is 10.8 Å². The van der Waals surface area contributed by atoms with Gasteiger partial charge in [-0.25, -0.2) is 0 Å². The van der Waals surface area contributed by atoms with Crippen molar-refractivity contribution in [3.8, 4) is 0 Å². The summed E-state index contributed by atoms with van der Waals surface area (Å²) in [6.07, 6.45) is 2.88. The van der Waals surface area contributed by atoms with E-state index in [1.54, 1.807) is 63.1 Å². The van der Waals surface area contributed by atoms with Gasteiger partial charge in [0, 0.05) is 44.8 Å². The summed E-state index contributed by atoms with van der Waals surface area (Å²) in [6.45, 7) is 15.0. The van der Waals surface area contributed by atoms with E-state index in [9.17, 15) is 24.0 Å². The first kappa shape index (κ1) is 59.7. The minimum Gasteiger partial charge on any atom is -0.382 e. The fourth-order valence-corrected chi connectivity index (χ4v) is 11.0. The second kappa shape index (κ2) is 25.9. The number of carbonyl (C=O) groups excluding carboxylic acids is 7. The molecule has 0 spiro atoms. The zero-order valence-electron chi connectivity index (χ0n) is 48.0. The number of fused-ring (bicyclic) bond motifs is 2. The average molecular weight is 1080 g/mol. The van der Waals surface area contributed by atoms with Crippen LogP contribution in [0.5, 0.6) is 0 Å². The molecule has 0 saturated carbocycles. The molecule has 79 heavy (non-hydrogen) atoms. The number of amides is 7. The Kier molecular flexibility index (Phi) is 19.6. The van der Waals surface area contributed by atoms with Gasteiger partial charge in [-0.15, -0.1) is 0 Å². The Labute approximate surface area is 466 Å². The largest absolute Gasteiger partial charge is 0.382 e. The molecular weight excluding hydrogens is 999 g/mol. The first-order chi connectivity index (χ1) is 37.5. The van der Waals surface area contributed by atoms with E-state index < -0.39 is 71.0 Å². The zero-order valence-corrected chi connectivity index (χ0v) is 48.0. The third kappa shape index (κ3) is 14.3. The maximum atomic E-state index is 15.8. The highest BCUT2D eigenvalue weighted by atomic mass is 16.5. The van der Waals surface area contributed by atoms with Crippen molar-refractivity contribution in [2.45, 2.75) is 155 Å². The van der Waals surface area contributed by atoms with Crippen LogP contribution >= 0.6 is 0 Å². The van der Waals surface area contributed by atoms with Gasteiger partial charge < -0.3 is 51.3 Å². The van der Waals surface area contributed by atoms with Gasteiger partial charge in [0.25, 0.3) is 5.91 Å². The van der Waals surface area contributed by atoms with Crippen LogP contribution in [0, 0.1) is 10.8 Å². The third-order valence-electron chi connectivity index (χ3n) is 15.9. The number of carbonyl (C=O) groups is 7. The average Bonchev–Trinajstić information content (AvgIpc) is 3.98. The summed E-state index contributed by atoms with van der Waals surface area (Å²) in [7, 11) is 4.91. The number of nitrogens with zero attached hydrogens (tertiary/aromatic N) is 3. The van der Waals surface area contributed by atoms with E-state index in [2.05, 4.69) is 38.0 Å². The number of nitrogens with one attached hydrogen (secondary N) is 6. The molecule has 1 saturated heterocycles. The Bertz CT molecular complexity index is 2830. The number of methoxy groups -OCH3 is 1. The van der Waals surface area contributed by atoms with Crippen molar-refractivity contribution < 1.29 is 38.3 Å². The number of benzene rings is 4. The molecule has 4 aromatic carbocycles. The minimum atomic E-state index is -0.988. The normalized spacial score (nSPS) is 20.0. The number of hydrogen-bond donors (Lipinski definition) is 6. The Morgan fingerprint density at radius 1 is 0.684 bits per heavy atom. The second-order valence-corrected chi connectivity index (χ2v) is 23.7. The number of likely N-dealkylation sites (N-methyl/N-ethyl adjacent to an activating group) is 2. The Hall–Kier alpha value is -6.95. The van der Waals surface area contributed by atoms with Crippen LogP contribution in [0.25, 0.3) is 0 Å². The highest BCUT2D eigenvalue weighted by molar-refractivity contribution is 5.97. The highest BCUT2D eigenvalue weighted by Crippen LogP contribution is 2.34. The summed E-state index contributed by atoms with van der Waals surface area (Å²) < 4.78 is 5.85. The standard InChI is InChI=1S/C62H83N9O8/c1-38(63-9)54(72)67-52(61(3,4)5)59(77)70-35-45-26-16-15-25-43(45)32-50(70)58(76)69(51(37-79-11)42-23-13-12-14-24-42)34-40-21-19-28-44(31-40)56(74)65-46-33-49(57(75)66-48-30-20-27-41-22-17-18-29-47(41)48)71(36-46)60(78)53(62(6,7)8)68-55(73)39(2)64-10/h12-19,21-26,28-29,31,38-39,46,48-53,63-64H,20,27,30,32-37H2,1-11H3,(H,65,74)(H,66,75)(H,67,72)(H,68,73)/t38-,39-,46-,48+,49-,50-,51+,52+,53+/m0/s1. The fraction of sp³-hybridized carbons (Fsp3) is 0.500. The van der Waals surface area contributed by atoms with Crippen molar-refractivity contribution in [3.63, 3.8) is 0 Å². The molecule has 17 nitrogen and oxygen atoms in total. The van der Waals surface area contributed by atoms with E-state index in [4.69, 9.17) is 4.74 Å². The topological polar surface area (TPSA) is 211 Å². The van der Waals surface area contributed by atoms with Gasteiger partial charge in [-0.2, -0.15) is 0 Å². The van der Waals surface area contributed by atoms with Crippen LogP contribution in [0.15, 0.2) is 103 Å². The molecule has 7 rings (SSSR count). The Morgan fingerprint density at radius 3 is 1.87 bits per heavy atom. The number of aryl methyl sites for hydroxylation is 1. The molecule has 7 amide bonds. The smallest absolute Gasteiger partial charge is 0.251 e. The maximum absolute atomic E-state index is 15.8. The van der Waals surface area contributed by atoms with Gasteiger partial charge in [0.1, 0.15) is 24.2 Å². The first-order valence-electron chi connectivity index (χ1n) is 27.8. The molecule has 0 bridgehead atoms. The van der Waals surface area contributed by atoms with Gasteiger partial charge in [-0.05, 0) is 110 Å². The monoisotopic (exact) mass is 1080 g/mol. The Morgan fingerprint density at radius 2 is 1.27 bits per heavy atom. The molecule has 424 valence electrons. The molecule has 2 heterocycles. The highest BCUT2D eigenvalue weighted by Gasteiger charge is 2.47. The van der Waals surface area contributed by atoms with E-state index >= 15 is 9.59 Å². The molecule has 3 aliphatic rings. The van der Waals surface area contributed by atoms with E-state index in [0.29, 0.717) is 11.1 Å². The third-order valence-corrected chi connectivity index (χ3v) is 15.9. The van der Waals surface area contributed by atoms with Crippen molar-refractivity contribution in [3.05, 3.63) is 142 Å². The summed E-state index contributed by atoms with van der Waals surface area (Å²) in [5.41, 5.74) is 4.31. The number of rotatable bonds is 19. The molecule has 0 radical (unpaired) electrons. The molecule has 1 fully saturated rings. The molecular formula is C62H83N9O8. The molecule has 4 aromatic rings. The molecule has 0 unspecified atom stereocenters. The van der Waals surface area contributed by atoms with Gasteiger partial charge in [-0.3, -0.25) is 33.6 Å². The van der Waals surface area contributed by atoms with Crippen molar-refractivity contribution in [2.75, 3.05) is 34.4 Å². The second-order valence-electron chi connectivity index (χ2n) is 23.7. The lowest BCUT2D eigenvalue weighted by Crippen LogP contribution is -2.62. The minimum absolute atomic E-state index is 0.0136. The fourth-order valence-electron chi connectivity index (χ4n) is 11.0. The lowest BCUT2D eigenvalue weighted by atomic mass is 9.84. The first-order valence-corrected chi connectivity index (χ1v) is 27.8. The van der Waals surface area contributed by atoms with Gasteiger partial charge in [0.15, 0.2) is 0 Å². The Balaban J connectivity index is 1.19. The van der Waals surface area contributed by atoms with Gasteiger partial charge in [-0.1, -0.05) is 133 Å². The zero-order chi connectivity index (χ0) is 57.3. The number of ether oxygens (including phenoxy) is 1. The van der Waals surface area contributed by atoms with Gasteiger partial charge >= 0.3 is 0 Å². The summed E-state index contributed by atoms with van der Waals surface area (Å²) in [6, 6.07) is 25.8. The van der Waals surface area contributed by atoms with Crippen LogP contribution in [-0.4, -0.2) is 133 Å². The van der Waals surface area contributed by atoms with Gasteiger partial charge in [0.2, 0.25) is 35.4 Å². The molecule has 17 heteroatoms. The summed E-state index contributed by atoms with van der Waals surface area (Å²) in [5, 5.41) is 18.2. The van der Waals surface area contributed by atoms with E-state index in [1.807, 2.05) is 120 Å². The van der Waals surface area contributed by atoms with E-state index in [0.717, 1.165) is 41.5 Å². The lowest BCUT2D eigenvalue weighted by Gasteiger charge is -2.44. The molecule has 2 aliphatic heterocycles. The van der Waals surface area contributed by atoms with Crippen LogP contribution in [0.1, 0.15) is 130 Å². The SMILES string of the molecule is CN[C@@H](C)C(=O)N[C@H](C(=O)N1C[C@@H](NC(=O)c2cccc(CN(C(=O)[C@@H]3Cc4ccccc4CN3C(=O)[C@@H](NC(=O)[C@H](C)NC)C(C)(C)C)[C@H](COC)c3ccccc3)c2)C[C@H]1C(=O)N[C@@H]1CCCc2ccccc21)C(C)(C)C. The number of hydrogen-bond acceptors (Lipinski definition) is 10. The van der Waals surface area contributed by atoms with Crippen molar-refractivity contribution in [1.29, 1.82) is 0 Å². The predicted octanol–water partition coefficient (Wildman–Crippen LogP) is 5.53. The van der Waals surface area contributed by atoms with Crippen LogP contribution in [0.4, 0.5) is 0 Å². The van der Waals surface area contributed by atoms with Crippen LogP contribution < -0.4 is 31.9 Å². The van der Waals surface area contributed by atoms with Crippen molar-refractivity contribution in [1.82, 2.24) is 46.6 Å². The molecule has 6 N–H and O–H groups in total. The number of likely N-dealkylation sites (tertiary alicyclic amines) is 1. The molecule has 1 aliphatic carbocycles. The van der Waals surface area contributed by atoms with Crippen LogP contribution in [0.3, 0.4) is 0 Å². The van der Waals surface area contributed by atoms with Crippen molar-refractivity contribution >= 4 is 41.4 Å². The van der Waals surface area contributed by atoms with E-state index in [-0.39, 0.29) is 74.7 Å². The van der Waals surface area contributed by atoms with E-state index in [1.165, 1.54) is 10.5 Å². The van der Waals surface area contributed by atoms with Crippen LogP contribution in [0.2, 0.25) is 0 Å². The van der Waals surface area contributed by atoms with Crippen LogP contribution in [-0.2, 0) is 59.4 Å². The lowest BCUT2D eigenvalue weighted by molar-refractivity contribution is -0.153. The quantitative estimate of drug-likeness (QED) is 0.0692. The molecule has 0 aromatic heterocycles. The summed E-state index contributed by atoms with van der Waals surface area (Å²) >= 11 is 0. The summed E-state index contributed by atoms with van der Waals surface area (Å²) in [4.78, 5) is 107. The predicted molar refractivity (Wildman–Crippen MR) is 304 cm³/mol. The molecule has 9 atom stereocenters. The maximum Gasteiger partial charge on any atom is 0.251 e.